The third-order valence-electron chi connectivity index (χ3n) is 2.50. The average molecular weight is 257 g/mol. The van der Waals surface area contributed by atoms with E-state index < -0.39 is 12.8 Å². The molecular weight excluding hydrogens is 237 g/mol. The quantitative estimate of drug-likeness (QED) is 0.813. The van der Waals surface area contributed by atoms with Gasteiger partial charge in [0.05, 0.1) is 11.8 Å². The molecule has 4 nitrogen and oxygen atoms in total. The molecule has 0 aromatic heterocycles. The van der Waals surface area contributed by atoms with E-state index in [4.69, 9.17) is 4.52 Å². The summed E-state index contributed by atoms with van der Waals surface area (Å²) in [6.07, 6.45) is 0. The standard InChI is InChI=1S/C12H20NO3P/c1-12(2,3)17(14,15)16-9-10-5-7-11(13-4)8-6-10/h5-8,13H,9H2,1-4H3,(H,14,15). The smallest absolute Gasteiger partial charge is 0.333 e. The Labute approximate surface area is 103 Å². The minimum atomic E-state index is -3.58. The average Bonchev–Trinajstić information content (AvgIpc) is 2.25. The normalized spacial score (nSPS) is 15.4. The number of hydrogen-bond donors (Lipinski definition) is 2. The number of rotatable bonds is 4. The van der Waals surface area contributed by atoms with Gasteiger partial charge in [-0.05, 0) is 38.5 Å². The summed E-state index contributed by atoms with van der Waals surface area (Å²) in [6, 6.07) is 7.54. The van der Waals surface area contributed by atoms with E-state index in [0.717, 1.165) is 11.3 Å². The van der Waals surface area contributed by atoms with Gasteiger partial charge in [-0.15, -0.1) is 0 Å². The molecule has 0 aliphatic heterocycles. The number of benzene rings is 1. The molecule has 5 heteroatoms. The minimum absolute atomic E-state index is 0.148. The first-order chi connectivity index (χ1) is 7.76. The van der Waals surface area contributed by atoms with Crippen molar-refractivity contribution in [3.05, 3.63) is 29.8 Å². The molecular formula is C12H20NO3P. The van der Waals surface area contributed by atoms with Crippen LogP contribution < -0.4 is 5.32 Å². The van der Waals surface area contributed by atoms with Crippen LogP contribution >= 0.6 is 7.60 Å². The molecule has 0 heterocycles. The van der Waals surface area contributed by atoms with Crippen molar-refractivity contribution < 1.29 is 14.0 Å². The Bertz CT molecular complexity index is 409. The molecule has 1 aromatic rings. The predicted octanol–water partition coefficient (Wildman–Crippen LogP) is 3.23. The largest absolute Gasteiger partial charge is 0.388 e. The van der Waals surface area contributed by atoms with Crippen molar-refractivity contribution in [1.82, 2.24) is 0 Å². The van der Waals surface area contributed by atoms with Gasteiger partial charge in [0.1, 0.15) is 0 Å². The van der Waals surface area contributed by atoms with Crippen LogP contribution in [0, 0.1) is 0 Å². The van der Waals surface area contributed by atoms with Gasteiger partial charge in [-0.2, -0.15) is 0 Å². The highest BCUT2D eigenvalue weighted by atomic mass is 31.2. The van der Waals surface area contributed by atoms with Crippen LogP contribution in [0.2, 0.25) is 0 Å². The summed E-state index contributed by atoms with van der Waals surface area (Å²) in [5.74, 6) is 0. The van der Waals surface area contributed by atoms with Crippen molar-refractivity contribution in [2.24, 2.45) is 0 Å². The fourth-order valence-corrected chi connectivity index (χ4v) is 1.83. The van der Waals surface area contributed by atoms with Gasteiger partial charge in [-0.3, -0.25) is 4.57 Å². The van der Waals surface area contributed by atoms with Gasteiger partial charge in [0.15, 0.2) is 0 Å². The Morgan fingerprint density at radius 2 is 1.82 bits per heavy atom. The number of hydrogen-bond acceptors (Lipinski definition) is 3. The van der Waals surface area contributed by atoms with Gasteiger partial charge < -0.3 is 14.7 Å². The summed E-state index contributed by atoms with van der Waals surface area (Å²) < 4.78 is 17.0. The van der Waals surface area contributed by atoms with Crippen molar-refractivity contribution >= 4 is 13.3 Å². The maximum atomic E-state index is 11.9. The lowest BCUT2D eigenvalue weighted by Gasteiger charge is -2.25. The van der Waals surface area contributed by atoms with Gasteiger partial charge in [0, 0.05) is 12.7 Å². The molecule has 0 amide bonds. The van der Waals surface area contributed by atoms with Crippen molar-refractivity contribution in [2.45, 2.75) is 32.5 Å². The summed E-state index contributed by atoms with van der Waals surface area (Å²) in [7, 11) is -1.74. The molecule has 2 N–H and O–H groups in total. The molecule has 17 heavy (non-hydrogen) atoms. The molecule has 1 atom stereocenters. The molecule has 0 aliphatic rings. The van der Waals surface area contributed by atoms with Crippen molar-refractivity contribution in [3.8, 4) is 0 Å². The van der Waals surface area contributed by atoms with E-state index in [1.54, 1.807) is 20.8 Å². The van der Waals surface area contributed by atoms with Gasteiger partial charge in [0.25, 0.3) is 0 Å². The molecule has 0 radical (unpaired) electrons. The van der Waals surface area contributed by atoms with Crippen LogP contribution in [0.5, 0.6) is 0 Å². The summed E-state index contributed by atoms with van der Waals surface area (Å²) in [6.45, 7) is 5.22. The van der Waals surface area contributed by atoms with E-state index in [9.17, 15) is 9.46 Å². The van der Waals surface area contributed by atoms with Crippen LogP contribution in [0.4, 0.5) is 5.69 Å². The van der Waals surface area contributed by atoms with Crippen molar-refractivity contribution in [1.29, 1.82) is 0 Å². The summed E-state index contributed by atoms with van der Waals surface area (Å²) in [5, 5.41) is 2.25. The fraction of sp³-hybridized carbons (Fsp3) is 0.500. The van der Waals surface area contributed by atoms with Gasteiger partial charge >= 0.3 is 7.60 Å². The first-order valence-electron chi connectivity index (χ1n) is 5.50. The molecule has 0 aliphatic carbocycles. The molecule has 0 saturated carbocycles. The van der Waals surface area contributed by atoms with Crippen LogP contribution in [-0.2, 0) is 15.7 Å². The van der Waals surface area contributed by atoms with E-state index in [1.807, 2.05) is 31.3 Å². The summed E-state index contributed by atoms with van der Waals surface area (Å²) >= 11 is 0. The lowest BCUT2D eigenvalue weighted by Crippen LogP contribution is -2.16. The molecule has 96 valence electrons. The highest BCUT2D eigenvalue weighted by Gasteiger charge is 2.36. The highest BCUT2D eigenvalue weighted by molar-refractivity contribution is 7.54. The molecule has 1 rings (SSSR count). The minimum Gasteiger partial charge on any atom is -0.388 e. The third-order valence-corrected chi connectivity index (χ3v) is 4.67. The zero-order valence-corrected chi connectivity index (χ0v) is 11.6. The lowest BCUT2D eigenvalue weighted by molar-refractivity contribution is 0.233. The van der Waals surface area contributed by atoms with E-state index >= 15 is 0 Å². The molecule has 1 unspecified atom stereocenters. The SMILES string of the molecule is CNc1ccc(COP(=O)(O)C(C)(C)C)cc1. The molecule has 0 bridgehead atoms. The predicted molar refractivity (Wildman–Crippen MR) is 70.4 cm³/mol. The van der Waals surface area contributed by atoms with Crippen molar-refractivity contribution in [3.63, 3.8) is 0 Å². The second kappa shape index (κ2) is 5.21. The van der Waals surface area contributed by atoms with Crippen LogP contribution in [0.3, 0.4) is 0 Å². The molecule has 0 fully saturated rings. The molecule has 0 spiro atoms. The highest BCUT2D eigenvalue weighted by Crippen LogP contribution is 2.55. The van der Waals surface area contributed by atoms with E-state index in [0.29, 0.717) is 0 Å². The van der Waals surface area contributed by atoms with Crippen LogP contribution in [0.25, 0.3) is 0 Å². The van der Waals surface area contributed by atoms with Gasteiger partial charge in [-0.25, -0.2) is 0 Å². The van der Waals surface area contributed by atoms with Crippen molar-refractivity contribution in [2.75, 3.05) is 12.4 Å². The first kappa shape index (κ1) is 14.2. The summed E-state index contributed by atoms with van der Waals surface area (Å²) in [4.78, 5) is 9.73. The molecule has 0 saturated heterocycles. The van der Waals surface area contributed by atoms with Gasteiger partial charge in [-0.1, -0.05) is 12.1 Å². The molecule has 1 aromatic carbocycles. The van der Waals surface area contributed by atoms with Gasteiger partial charge in [0.2, 0.25) is 0 Å². The second-order valence-corrected chi connectivity index (χ2v) is 7.55. The Morgan fingerprint density at radius 1 is 1.29 bits per heavy atom. The van der Waals surface area contributed by atoms with Crippen LogP contribution in [0.1, 0.15) is 26.3 Å². The maximum Gasteiger partial charge on any atom is 0.333 e. The monoisotopic (exact) mass is 257 g/mol. The zero-order valence-electron chi connectivity index (χ0n) is 10.7. The van der Waals surface area contributed by atoms with E-state index in [-0.39, 0.29) is 6.61 Å². The van der Waals surface area contributed by atoms with E-state index in [1.165, 1.54) is 0 Å². The topological polar surface area (TPSA) is 58.6 Å². The number of nitrogens with one attached hydrogen (secondary N) is 1. The Balaban J connectivity index is 2.64. The van der Waals surface area contributed by atoms with Crippen LogP contribution in [-0.4, -0.2) is 17.1 Å². The maximum absolute atomic E-state index is 11.9. The summed E-state index contributed by atoms with van der Waals surface area (Å²) in [5.41, 5.74) is 1.87. The third kappa shape index (κ3) is 3.84. The van der Waals surface area contributed by atoms with E-state index in [2.05, 4.69) is 5.32 Å². The first-order valence-corrected chi connectivity index (χ1v) is 7.08. The Hall–Kier alpha value is -0.830. The second-order valence-electron chi connectivity index (χ2n) is 4.91. The number of anilines is 1. The van der Waals surface area contributed by atoms with Crippen LogP contribution in [0.15, 0.2) is 24.3 Å². The fourth-order valence-electron chi connectivity index (χ4n) is 1.12. The Kier molecular flexibility index (Phi) is 4.36. The Morgan fingerprint density at radius 3 is 2.24 bits per heavy atom. The zero-order chi connectivity index (χ0) is 13.1. The lowest BCUT2D eigenvalue weighted by atomic mass is 10.2.